The molecule has 0 aliphatic carbocycles. The summed E-state index contributed by atoms with van der Waals surface area (Å²) in [6.07, 6.45) is -1.01. The van der Waals surface area contributed by atoms with Crippen LogP contribution in [-0.4, -0.2) is 47.7 Å². The number of hydrogen-bond donors (Lipinski definition) is 2. The number of benzene rings is 2. The smallest absolute Gasteiger partial charge is 0.417 e. The third-order valence-corrected chi connectivity index (χ3v) is 4.00. The number of phenols is 1. The monoisotopic (exact) mass is 386 g/mol. The Labute approximate surface area is 162 Å². The molecule has 0 saturated carbocycles. The highest BCUT2D eigenvalue weighted by molar-refractivity contribution is 5.97. The van der Waals surface area contributed by atoms with Crippen LogP contribution < -0.4 is 5.73 Å². The predicted octanol–water partition coefficient (Wildman–Crippen LogP) is 1.60. The number of ether oxygens (including phenoxy) is 2. The van der Waals surface area contributed by atoms with Gasteiger partial charge < -0.3 is 20.3 Å². The van der Waals surface area contributed by atoms with E-state index in [0.717, 1.165) is 12.7 Å². The van der Waals surface area contributed by atoms with Crippen LogP contribution in [0.3, 0.4) is 0 Å². The summed E-state index contributed by atoms with van der Waals surface area (Å²) < 4.78 is 9.97. The molecule has 8 nitrogen and oxygen atoms in total. The van der Waals surface area contributed by atoms with Crippen LogP contribution >= 0.6 is 0 Å². The lowest BCUT2D eigenvalue weighted by Gasteiger charge is -2.27. The van der Waals surface area contributed by atoms with Crippen molar-refractivity contribution >= 4 is 18.0 Å². The van der Waals surface area contributed by atoms with Gasteiger partial charge in [0.1, 0.15) is 18.4 Å². The summed E-state index contributed by atoms with van der Waals surface area (Å²) >= 11 is 0. The van der Waals surface area contributed by atoms with Gasteiger partial charge in [-0.15, -0.1) is 0 Å². The molecule has 0 fully saturated rings. The molecule has 0 aliphatic heterocycles. The van der Waals surface area contributed by atoms with E-state index in [9.17, 15) is 19.5 Å². The van der Waals surface area contributed by atoms with Crippen LogP contribution in [0.1, 0.15) is 11.1 Å². The number of aromatic hydroxyl groups is 1. The first kappa shape index (κ1) is 20.9. The zero-order chi connectivity index (χ0) is 20.5. The van der Waals surface area contributed by atoms with Crippen molar-refractivity contribution in [1.82, 2.24) is 4.90 Å². The van der Waals surface area contributed by atoms with Crippen LogP contribution in [0, 0.1) is 0 Å². The summed E-state index contributed by atoms with van der Waals surface area (Å²) in [4.78, 5) is 37.9. The molecule has 28 heavy (non-hydrogen) atoms. The van der Waals surface area contributed by atoms with Gasteiger partial charge in [0.05, 0.1) is 13.7 Å². The number of phenolic OH excluding ortho intramolecular Hbond substituents is 1. The number of amides is 2. The Hall–Kier alpha value is -3.39. The first-order valence-corrected chi connectivity index (χ1v) is 8.54. The van der Waals surface area contributed by atoms with Gasteiger partial charge in [-0.2, -0.15) is 0 Å². The largest absolute Gasteiger partial charge is 0.508 e. The average Bonchev–Trinajstić information content (AvgIpc) is 2.73. The average molecular weight is 386 g/mol. The Morgan fingerprint density at radius 3 is 2.25 bits per heavy atom. The molecule has 0 spiro atoms. The van der Waals surface area contributed by atoms with Gasteiger partial charge >= 0.3 is 12.1 Å². The number of nitrogens with zero attached hydrogens (tertiary/aromatic N) is 1. The Bertz CT molecular complexity index is 807. The highest BCUT2D eigenvalue weighted by Crippen LogP contribution is 2.16. The molecule has 148 valence electrons. The van der Waals surface area contributed by atoms with Crippen LogP contribution in [0.2, 0.25) is 0 Å². The van der Waals surface area contributed by atoms with Crippen molar-refractivity contribution in [3.05, 3.63) is 65.7 Å². The van der Waals surface area contributed by atoms with Gasteiger partial charge in [0.25, 0.3) is 0 Å². The molecule has 0 radical (unpaired) electrons. The van der Waals surface area contributed by atoms with E-state index >= 15 is 0 Å². The third-order valence-electron chi connectivity index (χ3n) is 4.00. The van der Waals surface area contributed by atoms with E-state index in [2.05, 4.69) is 0 Å². The number of nitrogens with two attached hydrogens (primary N) is 1. The van der Waals surface area contributed by atoms with Crippen molar-refractivity contribution in [3.63, 3.8) is 0 Å². The predicted molar refractivity (Wildman–Crippen MR) is 100 cm³/mol. The normalized spacial score (nSPS) is 11.4. The number of carbonyl (C=O) groups excluding carboxylic acids is 3. The highest BCUT2D eigenvalue weighted by atomic mass is 16.6. The van der Waals surface area contributed by atoms with Crippen molar-refractivity contribution in [2.75, 3.05) is 13.7 Å². The van der Waals surface area contributed by atoms with Crippen molar-refractivity contribution in [2.45, 2.75) is 19.1 Å². The Kier molecular flexibility index (Phi) is 7.53. The molecule has 0 saturated heterocycles. The van der Waals surface area contributed by atoms with Gasteiger partial charge in [-0.3, -0.25) is 4.79 Å². The van der Waals surface area contributed by atoms with Crippen molar-refractivity contribution < 1.29 is 29.0 Å². The lowest BCUT2D eigenvalue weighted by atomic mass is 10.0. The molecule has 2 amide bonds. The standard InChI is InChI=1S/C20H22N2O6/c1-27-19(25)17(11-14-7-9-16(23)10-8-14)22(18(24)12-21)20(26)28-13-15-5-3-2-4-6-15/h2-10,17,23H,11-13,21H2,1H3/t17-/m0/s1. The van der Waals surface area contributed by atoms with Crippen LogP contribution in [0.4, 0.5) is 4.79 Å². The van der Waals surface area contributed by atoms with E-state index in [4.69, 9.17) is 15.2 Å². The number of carbonyl (C=O) groups is 3. The van der Waals surface area contributed by atoms with Gasteiger partial charge in [0.2, 0.25) is 5.91 Å². The number of methoxy groups -OCH3 is 1. The second-order valence-electron chi connectivity index (χ2n) is 5.92. The summed E-state index contributed by atoms with van der Waals surface area (Å²) in [6, 6.07) is 13.7. The van der Waals surface area contributed by atoms with E-state index in [-0.39, 0.29) is 18.8 Å². The maximum absolute atomic E-state index is 12.6. The molecule has 0 heterocycles. The molecule has 0 aliphatic rings. The Balaban J connectivity index is 2.23. The molecule has 8 heteroatoms. The van der Waals surface area contributed by atoms with Crippen molar-refractivity contribution in [1.29, 1.82) is 0 Å². The molecule has 2 aromatic rings. The highest BCUT2D eigenvalue weighted by Gasteiger charge is 2.36. The zero-order valence-electron chi connectivity index (χ0n) is 15.4. The maximum Gasteiger partial charge on any atom is 0.417 e. The van der Waals surface area contributed by atoms with Gasteiger partial charge in [0, 0.05) is 6.42 Å². The number of hydrogen-bond acceptors (Lipinski definition) is 7. The molecular weight excluding hydrogens is 364 g/mol. The fraction of sp³-hybridized carbons (Fsp3) is 0.250. The van der Waals surface area contributed by atoms with E-state index in [1.807, 2.05) is 6.07 Å². The number of rotatable bonds is 7. The molecule has 0 aromatic heterocycles. The molecule has 2 rings (SSSR count). The minimum atomic E-state index is -1.26. The van der Waals surface area contributed by atoms with Crippen LogP contribution in [0.25, 0.3) is 0 Å². The topological polar surface area (TPSA) is 119 Å². The minimum absolute atomic E-state index is 0.0148. The van der Waals surface area contributed by atoms with Gasteiger partial charge in [-0.1, -0.05) is 42.5 Å². The van der Waals surface area contributed by atoms with E-state index in [1.165, 1.54) is 12.1 Å². The lowest BCUT2D eigenvalue weighted by molar-refractivity contribution is -0.151. The summed E-state index contributed by atoms with van der Waals surface area (Å²) in [5.41, 5.74) is 6.76. The van der Waals surface area contributed by atoms with Crippen LogP contribution in [0.5, 0.6) is 5.75 Å². The van der Waals surface area contributed by atoms with E-state index < -0.39 is 30.6 Å². The lowest BCUT2D eigenvalue weighted by Crippen LogP contribution is -2.52. The van der Waals surface area contributed by atoms with Crippen LogP contribution in [0.15, 0.2) is 54.6 Å². The number of esters is 1. The molecule has 3 N–H and O–H groups in total. The molecule has 1 atom stereocenters. The van der Waals surface area contributed by atoms with Crippen molar-refractivity contribution in [2.24, 2.45) is 5.73 Å². The summed E-state index contributed by atoms with van der Waals surface area (Å²) in [5, 5.41) is 9.40. The van der Waals surface area contributed by atoms with E-state index in [1.54, 1.807) is 36.4 Å². The second-order valence-corrected chi connectivity index (χ2v) is 5.92. The summed E-state index contributed by atoms with van der Waals surface area (Å²) in [5.74, 6) is -1.51. The zero-order valence-corrected chi connectivity index (χ0v) is 15.4. The second kappa shape index (κ2) is 10.1. The molecule has 2 aromatic carbocycles. The van der Waals surface area contributed by atoms with Gasteiger partial charge in [-0.25, -0.2) is 14.5 Å². The molecule has 0 unspecified atom stereocenters. The Morgan fingerprint density at radius 1 is 1.04 bits per heavy atom. The fourth-order valence-electron chi connectivity index (χ4n) is 2.56. The van der Waals surface area contributed by atoms with Crippen LogP contribution in [-0.2, 0) is 32.1 Å². The number of imide groups is 1. The van der Waals surface area contributed by atoms with E-state index in [0.29, 0.717) is 10.5 Å². The summed E-state index contributed by atoms with van der Waals surface area (Å²) in [7, 11) is 1.16. The molecule has 0 bridgehead atoms. The third kappa shape index (κ3) is 5.55. The quantitative estimate of drug-likeness (QED) is 0.694. The van der Waals surface area contributed by atoms with Crippen molar-refractivity contribution in [3.8, 4) is 5.75 Å². The minimum Gasteiger partial charge on any atom is -0.508 e. The van der Waals surface area contributed by atoms with Gasteiger partial charge in [0.15, 0.2) is 0 Å². The van der Waals surface area contributed by atoms with Gasteiger partial charge in [-0.05, 0) is 23.3 Å². The Morgan fingerprint density at radius 2 is 1.68 bits per heavy atom. The summed E-state index contributed by atoms with van der Waals surface area (Å²) in [6.45, 7) is -0.551. The SMILES string of the molecule is COC(=O)[C@H](Cc1ccc(O)cc1)N(C(=O)CN)C(=O)OCc1ccccc1. The maximum atomic E-state index is 12.6. The first-order chi connectivity index (χ1) is 13.5. The fourth-order valence-corrected chi connectivity index (χ4v) is 2.56. The molecular formula is C20H22N2O6. The first-order valence-electron chi connectivity index (χ1n) is 8.54.